The van der Waals surface area contributed by atoms with Gasteiger partial charge in [-0.25, -0.2) is 9.13 Å². The molecule has 1 aromatic heterocycles. The van der Waals surface area contributed by atoms with Gasteiger partial charge in [0.05, 0.1) is 12.7 Å². The van der Waals surface area contributed by atoms with Crippen LogP contribution in [-0.2, 0) is 11.3 Å². The predicted molar refractivity (Wildman–Crippen MR) is 47.9 cm³/mol. The van der Waals surface area contributed by atoms with E-state index in [1.54, 1.807) is 6.20 Å². The Kier molecular flexibility index (Phi) is 5.64. The van der Waals surface area contributed by atoms with Gasteiger partial charge in [-0.05, 0) is 6.42 Å². The fraction of sp³-hybridized carbons (Fsp3) is 0.333. The second-order valence-corrected chi connectivity index (χ2v) is 2.78. The third kappa shape index (κ3) is 4.09. The van der Waals surface area contributed by atoms with E-state index in [2.05, 4.69) is 6.58 Å². The Morgan fingerprint density at radius 3 is 2.86 bits per heavy atom. The first-order chi connectivity index (χ1) is 6.22. The van der Waals surface area contributed by atoms with E-state index in [4.69, 9.17) is 5.11 Å². The standard InChI is InChI=1S/C9H12N2O2.ClH/c1-2-10-6-7-11(8-10)5-3-4-9(12)13;/h2,6-8H,1,3-5H2;1H. The summed E-state index contributed by atoms with van der Waals surface area (Å²) in [5.41, 5.74) is 0. The minimum Gasteiger partial charge on any atom is -1.00 e. The topological polar surface area (TPSA) is 46.1 Å². The number of nitrogens with zero attached hydrogens (tertiary/aromatic N) is 2. The highest BCUT2D eigenvalue weighted by Gasteiger charge is 2.02. The minimum absolute atomic E-state index is 0. The van der Waals surface area contributed by atoms with Crippen molar-refractivity contribution in [3.8, 4) is 0 Å². The summed E-state index contributed by atoms with van der Waals surface area (Å²) in [5.74, 6) is -0.747. The van der Waals surface area contributed by atoms with Crippen LogP contribution in [0.5, 0.6) is 0 Å². The summed E-state index contributed by atoms with van der Waals surface area (Å²) >= 11 is 0. The van der Waals surface area contributed by atoms with E-state index < -0.39 is 5.97 Å². The average Bonchev–Trinajstić information content (AvgIpc) is 2.52. The third-order valence-corrected chi connectivity index (χ3v) is 1.73. The number of hydrogen-bond acceptors (Lipinski definition) is 1. The minimum atomic E-state index is -0.747. The Hall–Kier alpha value is -1.29. The van der Waals surface area contributed by atoms with Crippen molar-refractivity contribution >= 4 is 12.2 Å². The molecule has 0 bridgehead atoms. The van der Waals surface area contributed by atoms with Crippen molar-refractivity contribution in [2.75, 3.05) is 0 Å². The van der Waals surface area contributed by atoms with Crippen molar-refractivity contribution < 1.29 is 26.9 Å². The summed E-state index contributed by atoms with van der Waals surface area (Å²) in [4.78, 5) is 10.2. The molecule has 0 spiro atoms. The quantitative estimate of drug-likeness (QED) is 0.565. The van der Waals surface area contributed by atoms with Crippen molar-refractivity contribution in [3.05, 3.63) is 25.3 Å². The van der Waals surface area contributed by atoms with Crippen LogP contribution in [0.1, 0.15) is 12.8 Å². The van der Waals surface area contributed by atoms with Crippen LogP contribution in [-0.4, -0.2) is 15.6 Å². The summed E-state index contributed by atoms with van der Waals surface area (Å²) in [6, 6.07) is 0. The molecule has 4 nitrogen and oxygen atoms in total. The molecule has 1 heterocycles. The molecule has 1 rings (SSSR count). The van der Waals surface area contributed by atoms with Crippen LogP contribution in [0, 0.1) is 0 Å². The van der Waals surface area contributed by atoms with Gasteiger partial charge in [0.2, 0.25) is 6.33 Å². The highest BCUT2D eigenvalue weighted by atomic mass is 35.5. The molecule has 0 aliphatic rings. The monoisotopic (exact) mass is 216 g/mol. The number of carboxylic acid groups (broad SMARTS) is 1. The molecule has 0 aromatic carbocycles. The Balaban J connectivity index is 0.00000169. The van der Waals surface area contributed by atoms with Gasteiger partial charge in [-0.15, -0.1) is 0 Å². The molecule has 0 radical (unpaired) electrons. The lowest BCUT2D eigenvalue weighted by Crippen LogP contribution is -3.00. The highest BCUT2D eigenvalue weighted by Crippen LogP contribution is 1.89. The van der Waals surface area contributed by atoms with Crippen molar-refractivity contribution in [2.24, 2.45) is 0 Å². The van der Waals surface area contributed by atoms with Gasteiger partial charge < -0.3 is 17.5 Å². The van der Waals surface area contributed by atoms with Crippen LogP contribution >= 0.6 is 0 Å². The van der Waals surface area contributed by atoms with Gasteiger partial charge >= 0.3 is 5.97 Å². The lowest BCUT2D eigenvalue weighted by atomic mass is 10.3. The largest absolute Gasteiger partial charge is 1.00 e. The van der Waals surface area contributed by atoms with Crippen molar-refractivity contribution in [1.29, 1.82) is 0 Å². The van der Waals surface area contributed by atoms with E-state index in [1.807, 2.05) is 27.9 Å². The number of aromatic nitrogens is 2. The lowest BCUT2D eigenvalue weighted by molar-refractivity contribution is -0.696. The van der Waals surface area contributed by atoms with Crippen molar-refractivity contribution in [1.82, 2.24) is 4.57 Å². The molecule has 14 heavy (non-hydrogen) atoms. The number of rotatable bonds is 5. The normalized spacial score (nSPS) is 9.14. The zero-order chi connectivity index (χ0) is 9.68. The van der Waals surface area contributed by atoms with Crippen LogP contribution < -0.4 is 17.0 Å². The second-order valence-electron chi connectivity index (χ2n) is 2.78. The lowest BCUT2D eigenvalue weighted by Gasteiger charge is -1.92. The number of aliphatic carboxylic acids is 1. The van der Waals surface area contributed by atoms with Gasteiger partial charge in [0.1, 0.15) is 12.4 Å². The number of aryl methyl sites for hydroxylation is 1. The molecule has 0 saturated carbocycles. The predicted octanol–water partition coefficient (Wildman–Crippen LogP) is -2.26. The second kappa shape index (κ2) is 6.21. The van der Waals surface area contributed by atoms with Crippen LogP contribution in [0.4, 0.5) is 0 Å². The molecule has 0 aliphatic heterocycles. The maximum absolute atomic E-state index is 10.2. The van der Waals surface area contributed by atoms with Crippen LogP contribution in [0.25, 0.3) is 6.20 Å². The molecule has 0 unspecified atom stereocenters. The van der Waals surface area contributed by atoms with E-state index in [9.17, 15) is 4.79 Å². The summed E-state index contributed by atoms with van der Waals surface area (Å²) in [7, 11) is 0. The van der Waals surface area contributed by atoms with E-state index >= 15 is 0 Å². The molecule has 0 aliphatic carbocycles. The number of hydrogen-bond donors (Lipinski definition) is 1. The van der Waals surface area contributed by atoms with Gasteiger partial charge in [0, 0.05) is 6.42 Å². The number of carboxylic acids is 1. The van der Waals surface area contributed by atoms with E-state index in [-0.39, 0.29) is 18.8 Å². The zero-order valence-electron chi connectivity index (χ0n) is 7.77. The Morgan fingerprint density at radius 1 is 1.64 bits per heavy atom. The fourth-order valence-electron chi connectivity index (χ4n) is 1.06. The first kappa shape index (κ1) is 12.7. The highest BCUT2D eigenvalue weighted by molar-refractivity contribution is 5.66. The molecule has 1 N–H and O–H groups in total. The summed E-state index contributed by atoms with van der Waals surface area (Å²) in [5, 5.41) is 8.41. The molecule has 5 heteroatoms. The Morgan fingerprint density at radius 2 is 2.36 bits per heavy atom. The van der Waals surface area contributed by atoms with Gasteiger partial charge in [-0.2, -0.15) is 0 Å². The summed E-state index contributed by atoms with van der Waals surface area (Å²) in [6.07, 6.45) is 8.19. The number of imidazole rings is 1. The van der Waals surface area contributed by atoms with Crippen LogP contribution in [0.15, 0.2) is 25.3 Å². The van der Waals surface area contributed by atoms with Crippen LogP contribution in [0.2, 0.25) is 0 Å². The number of carbonyl (C=O) groups is 1. The van der Waals surface area contributed by atoms with E-state index in [0.717, 1.165) is 6.54 Å². The molecule has 1 aromatic rings. The average molecular weight is 217 g/mol. The first-order valence-electron chi connectivity index (χ1n) is 4.13. The Bertz CT molecular complexity index is 310. The van der Waals surface area contributed by atoms with Gasteiger partial charge in [0.15, 0.2) is 0 Å². The maximum Gasteiger partial charge on any atom is 0.303 e. The molecular formula is C9H13ClN2O2. The van der Waals surface area contributed by atoms with Gasteiger partial charge in [-0.1, -0.05) is 6.58 Å². The van der Waals surface area contributed by atoms with Gasteiger partial charge in [0.25, 0.3) is 0 Å². The molecular weight excluding hydrogens is 204 g/mol. The molecule has 0 atom stereocenters. The van der Waals surface area contributed by atoms with E-state index in [0.29, 0.717) is 6.42 Å². The summed E-state index contributed by atoms with van der Waals surface area (Å²) < 4.78 is 3.76. The maximum atomic E-state index is 10.2. The van der Waals surface area contributed by atoms with E-state index in [1.165, 1.54) is 0 Å². The molecule has 78 valence electrons. The molecule has 0 amide bonds. The van der Waals surface area contributed by atoms with Crippen molar-refractivity contribution in [2.45, 2.75) is 19.4 Å². The van der Waals surface area contributed by atoms with Crippen molar-refractivity contribution in [3.63, 3.8) is 0 Å². The SMILES string of the molecule is C=Cn1cc[n+](CCCC(=O)O)c1.[Cl-]. The zero-order valence-corrected chi connectivity index (χ0v) is 8.52. The van der Waals surface area contributed by atoms with Crippen LogP contribution in [0.3, 0.4) is 0 Å². The first-order valence-corrected chi connectivity index (χ1v) is 4.13. The van der Waals surface area contributed by atoms with Gasteiger partial charge in [-0.3, -0.25) is 4.79 Å². The number of halogens is 1. The Labute approximate surface area is 88.9 Å². The third-order valence-electron chi connectivity index (χ3n) is 1.73. The molecule has 0 fully saturated rings. The summed E-state index contributed by atoms with van der Waals surface area (Å²) in [6.45, 7) is 4.34. The fourth-order valence-corrected chi connectivity index (χ4v) is 1.06. The molecule has 0 saturated heterocycles. The smallest absolute Gasteiger partial charge is 0.303 e.